The number of aromatic hydroxyl groups is 1. The molecule has 0 spiro atoms. The van der Waals surface area contributed by atoms with Gasteiger partial charge in [0.25, 0.3) is 0 Å². The Morgan fingerprint density at radius 2 is 1.97 bits per heavy atom. The average Bonchev–Trinajstić information content (AvgIpc) is 3.23. The molecule has 5 rings (SSSR count). The zero-order valence-electron chi connectivity index (χ0n) is 20.8. The molecule has 1 aliphatic heterocycles. The number of fused-ring (bicyclic) bond motifs is 1. The quantitative estimate of drug-likeness (QED) is 0.422. The number of hydrogen-bond donors (Lipinski definition) is 2. The molecule has 1 atom stereocenters. The molecule has 0 radical (unpaired) electrons. The lowest BCUT2D eigenvalue weighted by molar-refractivity contribution is -0.0366. The van der Waals surface area contributed by atoms with Gasteiger partial charge in [0.1, 0.15) is 23.7 Å². The molecule has 36 heavy (non-hydrogen) atoms. The van der Waals surface area contributed by atoms with E-state index in [-0.39, 0.29) is 34.7 Å². The van der Waals surface area contributed by atoms with E-state index in [2.05, 4.69) is 16.5 Å². The summed E-state index contributed by atoms with van der Waals surface area (Å²) in [5, 5.41) is 18.5. The third kappa shape index (κ3) is 5.39. The third-order valence-corrected chi connectivity index (χ3v) is 6.79. The van der Waals surface area contributed by atoms with Crippen molar-refractivity contribution >= 4 is 28.6 Å². The van der Waals surface area contributed by atoms with Gasteiger partial charge in [-0.15, -0.1) is 0 Å². The summed E-state index contributed by atoms with van der Waals surface area (Å²) in [5.41, 5.74) is 2.32. The SMILES string of the molecule is CC(C)(C)NC(=O)OC1CC(Oc2cc(-c3ccc(O)c(Cl)c3)cc3c2cnn3C2CCCCO2)C1. The molecule has 3 aromatic rings. The first-order chi connectivity index (χ1) is 17.2. The number of nitrogens with one attached hydrogen (secondary N) is 1. The molecule has 2 fully saturated rings. The lowest BCUT2D eigenvalue weighted by Crippen LogP contribution is -2.46. The summed E-state index contributed by atoms with van der Waals surface area (Å²) >= 11 is 6.20. The summed E-state index contributed by atoms with van der Waals surface area (Å²) in [7, 11) is 0. The highest BCUT2D eigenvalue weighted by Gasteiger charge is 2.35. The second kappa shape index (κ2) is 9.82. The molecule has 1 aliphatic carbocycles. The largest absolute Gasteiger partial charge is 0.506 e. The smallest absolute Gasteiger partial charge is 0.407 e. The van der Waals surface area contributed by atoms with Crippen molar-refractivity contribution in [3.63, 3.8) is 0 Å². The van der Waals surface area contributed by atoms with Crippen molar-refractivity contribution in [2.45, 2.75) is 76.9 Å². The van der Waals surface area contributed by atoms with Gasteiger partial charge in [0, 0.05) is 25.0 Å². The van der Waals surface area contributed by atoms with Crippen molar-refractivity contribution in [3.05, 3.63) is 41.6 Å². The Kier molecular flexibility index (Phi) is 6.74. The Morgan fingerprint density at radius 3 is 2.67 bits per heavy atom. The number of alkyl carbamates (subject to hydrolysis) is 1. The molecule has 1 aromatic heterocycles. The van der Waals surface area contributed by atoms with Crippen LogP contribution in [-0.2, 0) is 9.47 Å². The van der Waals surface area contributed by atoms with E-state index < -0.39 is 6.09 Å². The lowest BCUT2D eigenvalue weighted by Gasteiger charge is -2.35. The number of rotatable bonds is 5. The molecule has 2 aliphatic rings. The molecule has 9 heteroatoms. The Morgan fingerprint density at radius 1 is 1.17 bits per heavy atom. The predicted molar refractivity (Wildman–Crippen MR) is 137 cm³/mol. The monoisotopic (exact) mass is 513 g/mol. The fraction of sp³-hybridized carbons (Fsp3) is 0.481. The number of benzene rings is 2. The normalized spacial score (nSPS) is 22.2. The summed E-state index contributed by atoms with van der Waals surface area (Å²) in [6, 6.07) is 9.17. The van der Waals surface area contributed by atoms with Crippen LogP contribution in [0.4, 0.5) is 4.79 Å². The summed E-state index contributed by atoms with van der Waals surface area (Å²) < 4.78 is 19.8. The van der Waals surface area contributed by atoms with Crippen molar-refractivity contribution in [2.24, 2.45) is 0 Å². The van der Waals surface area contributed by atoms with Crippen LogP contribution in [0.2, 0.25) is 5.02 Å². The van der Waals surface area contributed by atoms with Crippen LogP contribution in [-0.4, -0.2) is 45.3 Å². The minimum atomic E-state index is -0.409. The van der Waals surface area contributed by atoms with Gasteiger partial charge in [0.15, 0.2) is 6.23 Å². The standard InChI is InChI=1S/C27H32ClN3O5/c1-27(2,3)30-26(33)36-19-13-18(14-19)35-24-12-17(16-7-8-23(32)21(28)10-16)11-22-20(24)15-29-31(22)25-6-4-5-9-34-25/h7-8,10-12,15,18-19,25,32H,4-6,9,13-14H2,1-3H3,(H,30,33). The summed E-state index contributed by atoms with van der Waals surface area (Å²) in [6.45, 7) is 6.46. The van der Waals surface area contributed by atoms with Gasteiger partial charge in [-0.2, -0.15) is 5.10 Å². The van der Waals surface area contributed by atoms with E-state index in [1.54, 1.807) is 12.1 Å². The maximum atomic E-state index is 12.1. The zero-order valence-corrected chi connectivity index (χ0v) is 21.5. The second-order valence-corrected chi connectivity index (χ2v) is 11.0. The number of aromatic nitrogens is 2. The van der Waals surface area contributed by atoms with Gasteiger partial charge in [-0.3, -0.25) is 0 Å². The van der Waals surface area contributed by atoms with E-state index >= 15 is 0 Å². The number of carbonyl (C=O) groups excluding carboxylic acids is 1. The molecular formula is C27H32ClN3O5. The maximum absolute atomic E-state index is 12.1. The minimum absolute atomic E-state index is 0.0367. The highest BCUT2D eigenvalue weighted by atomic mass is 35.5. The molecule has 192 valence electrons. The molecule has 0 bridgehead atoms. The molecular weight excluding hydrogens is 482 g/mol. The van der Waals surface area contributed by atoms with E-state index in [4.69, 9.17) is 25.8 Å². The Bertz CT molecular complexity index is 1260. The molecule has 1 saturated carbocycles. The van der Waals surface area contributed by atoms with Crippen molar-refractivity contribution in [1.82, 2.24) is 15.1 Å². The van der Waals surface area contributed by atoms with E-state index in [1.807, 2.05) is 43.8 Å². The maximum Gasteiger partial charge on any atom is 0.407 e. The summed E-state index contributed by atoms with van der Waals surface area (Å²) in [6.07, 6.45) is 5.33. The topological polar surface area (TPSA) is 94.8 Å². The Balaban J connectivity index is 1.40. The number of phenolic OH excluding ortho intramolecular Hbond substituents is 1. The van der Waals surface area contributed by atoms with E-state index in [0.717, 1.165) is 47.9 Å². The summed E-state index contributed by atoms with van der Waals surface area (Å²) in [4.78, 5) is 12.1. The van der Waals surface area contributed by atoms with Crippen LogP contribution in [0.1, 0.15) is 59.1 Å². The fourth-order valence-corrected chi connectivity index (χ4v) is 4.77. The van der Waals surface area contributed by atoms with Gasteiger partial charge in [0.05, 0.1) is 22.1 Å². The highest BCUT2D eigenvalue weighted by molar-refractivity contribution is 6.32. The van der Waals surface area contributed by atoms with E-state index in [0.29, 0.717) is 18.6 Å². The van der Waals surface area contributed by atoms with Gasteiger partial charge < -0.3 is 24.6 Å². The first-order valence-electron chi connectivity index (χ1n) is 12.4. The molecule has 1 unspecified atom stereocenters. The van der Waals surface area contributed by atoms with Gasteiger partial charge in [0.2, 0.25) is 0 Å². The number of phenols is 1. The van der Waals surface area contributed by atoms with Crippen LogP contribution in [0.5, 0.6) is 11.5 Å². The van der Waals surface area contributed by atoms with Gasteiger partial charge in [-0.1, -0.05) is 17.7 Å². The third-order valence-electron chi connectivity index (χ3n) is 6.48. The first-order valence-corrected chi connectivity index (χ1v) is 12.8. The zero-order chi connectivity index (χ0) is 25.4. The van der Waals surface area contributed by atoms with E-state index in [9.17, 15) is 9.90 Å². The summed E-state index contributed by atoms with van der Waals surface area (Å²) in [5.74, 6) is 0.742. The van der Waals surface area contributed by atoms with E-state index in [1.165, 1.54) is 0 Å². The number of ether oxygens (including phenoxy) is 3. The van der Waals surface area contributed by atoms with Crippen molar-refractivity contribution in [1.29, 1.82) is 0 Å². The number of carbonyl (C=O) groups is 1. The molecule has 1 amide bonds. The highest BCUT2D eigenvalue weighted by Crippen LogP contribution is 2.39. The molecule has 2 heterocycles. The molecule has 2 aromatic carbocycles. The van der Waals surface area contributed by atoms with Crippen LogP contribution in [0.3, 0.4) is 0 Å². The number of hydrogen-bond acceptors (Lipinski definition) is 6. The average molecular weight is 514 g/mol. The first kappa shape index (κ1) is 24.7. The number of halogens is 1. The molecule has 1 saturated heterocycles. The number of nitrogens with zero attached hydrogens (tertiary/aromatic N) is 2. The fourth-order valence-electron chi connectivity index (χ4n) is 4.59. The Hall–Kier alpha value is -2.97. The van der Waals surface area contributed by atoms with Crippen molar-refractivity contribution in [2.75, 3.05) is 6.61 Å². The van der Waals surface area contributed by atoms with Crippen LogP contribution < -0.4 is 10.1 Å². The van der Waals surface area contributed by atoms with Crippen LogP contribution in [0.15, 0.2) is 36.5 Å². The van der Waals surface area contributed by atoms with Gasteiger partial charge in [-0.05, 0) is 75.4 Å². The number of amides is 1. The lowest BCUT2D eigenvalue weighted by atomic mass is 9.91. The van der Waals surface area contributed by atoms with Crippen LogP contribution >= 0.6 is 11.6 Å². The predicted octanol–water partition coefficient (Wildman–Crippen LogP) is 6.20. The molecule has 2 N–H and O–H groups in total. The van der Waals surface area contributed by atoms with Crippen molar-refractivity contribution < 1.29 is 24.1 Å². The Labute approximate surface area is 215 Å². The van der Waals surface area contributed by atoms with Crippen molar-refractivity contribution in [3.8, 4) is 22.6 Å². The van der Waals surface area contributed by atoms with Crippen LogP contribution in [0.25, 0.3) is 22.0 Å². The second-order valence-electron chi connectivity index (χ2n) is 10.6. The minimum Gasteiger partial charge on any atom is -0.506 e. The van der Waals surface area contributed by atoms with Gasteiger partial charge >= 0.3 is 6.09 Å². The van der Waals surface area contributed by atoms with Gasteiger partial charge in [-0.25, -0.2) is 9.48 Å². The molecule has 8 nitrogen and oxygen atoms in total. The van der Waals surface area contributed by atoms with Crippen LogP contribution in [0, 0.1) is 0 Å².